The summed E-state index contributed by atoms with van der Waals surface area (Å²) in [6.07, 6.45) is 6.59. The van der Waals surface area contributed by atoms with Crippen molar-refractivity contribution in [2.24, 2.45) is 0 Å². The first-order valence-electron chi connectivity index (χ1n) is 10.4. The molecule has 0 bridgehead atoms. The summed E-state index contributed by atoms with van der Waals surface area (Å²) in [6, 6.07) is 13.3. The van der Waals surface area contributed by atoms with Crippen molar-refractivity contribution in [3.63, 3.8) is 0 Å². The monoisotopic (exact) mass is 427 g/mol. The fourth-order valence-corrected chi connectivity index (χ4v) is 5.97. The zero-order chi connectivity index (χ0) is 21.5. The molecular formula is C23H29N3O3S. The van der Waals surface area contributed by atoms with Gasteiger partial charge in [0.15, 0.2) is 9.84 Å². The molecule has 0 aromatic heterocycles. The first-order chi connectivity index (χ1) is 14.2. The molecule has 2 N–H and O–H groups in total. The minimum Gasteiger partial charge on any atom is -0.376 e. The van der Waals surface area contributed by atoms with Crippen LogP contribution in [0.15, 0.2) is 47.4 Å². The van der Waals surface area contributed by atoms with Gasteiger partial charge >= 0.3 is 6.03 Å². The number of hydrogen-bond donors (Lipinski definition) is 2. The van der Waals surface area contributed by atoms with E-state index in [9.17, 15) is 13.2 Å². The Labute approximate surface area is 178 Å². The van der Waals surface area contributed by atoms with Crippen molar-refractivity contribution in [2.45, 2.75) is 48.6 Å². The Morgan fingerprint density at radius 2 is 1.73 bits per heavy atom. The lowest BCUT2D eigenvalue weighted by Crippen LogP contribution is -2.46. The molecule has 0 radical (unpaired) electrons. The van der Waals surface area contributed by atoms with Crippen molar-refractivity contribution in [2.75, 3.05) is 25.3 Å². The standard InChI is InChI=1S/C23H29N3O3S/c1-26(2)20-18(11-8-12-19(20)30(3,28)29)16-9-7-10-17(15-16)21-23(25-22(27)24-21)13-5-4-6-14-23/h7-12,15,21H,4-6,13-14H2,1-3H3,(H2,24,25,27). The van der Waals surface area contributed by atoms with E-state index in [0.717, 1.165) is 42.4 Å². The molecule has 2 aliphatic rings. The van der Waals surface area contributed by atoms with Gasteiger partial charge in [-0.05, 0) is 36.1 Å². The first kappa shape index (κ1) is 20.7. The van der Waals surface area contributed by atoms with Gasteiger partial charge in [-0.1, -0.05) is 49.6 Å². The second-order valence-corrected chi connectivity index (χ2v) is 10.7. The fourth-order valence-electron chi connectivity index (χ4n) is 5.00. The number of urea groups is 1. The first-order valence-corrected chi connectivity index (χ1v) is 12.3. The lowest BCUT2D eigenvalue weighted by atomic mass is 9.75. The van der Waals surface area contributed by atoms with Gasteiger partial charge in [0, 0.05) is 25.9 Å². The average molecular weight is 428 g/mol. The molecule has 7 heteroatoms. The largest absolute Gasteiger partial charge is 0.376 e. The second-order valence-electron chi connectivity index (χ2n) is 8.69. The van der Waals surface area contributed by atoms with Crippen LogP contribution in [-0.2, 0) is 9.84 Å². The molecule has 6 nitrogen and oxygen atoms in total. The fraction of sp³-hybridized carbons (Fsp3) is 0.435. The molecule has 1 saturated carbocycles. The number of sulfone groups is 1. The van der Waals surface area contributed by atoms with E-state index >= 15 is 0 Å². The molecule has 1 aliphatic carbocycles. The maximum atomic E-state index is 12.4. The number of carbonyl (C=O) groups is 1. The van der Waals surface area contributed by atoms with Crippen LogP contribution in [0.4, 0.5) is 10.5 Å². The summed E-state index contributed by atoms with van der Waals surface area (Å²) in [7, 11) is 0.340. The Balaban J connectivity index is 1.81. The lowest BCUT2D eigenvalue weighted by Gasteiger charge is -2.37. The van der Waals surface area contributed by atoms with Gasteiger partial charge in [0.2, 0.25) is 0 Å². The number of para-hydroxylation sites is 1. The van der Waals surface area contributed by atoms with Gasteiger partial charge in [-0.3, -0.25) is 0 Å². The predicted molar refractivity (Wildman–Crippen MR) is 120 cm³/mol. The van der Waals surface area contributed by atoms with Crippen molar-refractivity contribution in [3.8, 4) is 11.1 Å². The zero-order valence-electron chi connectivity index (χ0n) is 17.7. The van der Waals surface area contributed by atoms with Crippen molar-refractivity contribution >= 4 is 21.6 Å². The summed E-state index contributed by atoms with van der Waals surface area (Å²) in [5, 5.41) is 6.32. The molecule has 1 spiro atoms. The van der Waals surface area contributed by atoms with Gasteiger partial charge in [-0.2, -0.15) is 0 Å². The average Bonchev–Trinajstić information content (AvgIpc) is 3.02. The summed E-state index contributed by atoms with van der Waals surface area (Å²) in [4.78, 5) is 14.4. The number of carbonyl (C=O) groups excluding carboxylic acids is 1. The molecule has 1 aliphatic heterocycles. The lowest BCUT2D eigenvalue weighted by molar-refractivity contribution is 0.224. The quantitative estimate of drug-likeness (QED) is 0.776. The van der Waals surface area contributed by atoms with Crippen LogP contribution in [0.25, 0.3) is 11.1 Å². The van der Waals surface area contributed by atoms with E-state index in [-0.39, 0.29) is 17.6 Å². The number of hydrogen-bond acceptors (Lipinski definition) is 4. The predicted octanol–water partition coefficient (Wildman–Crippen LogP) is 3.88. The molecule has 2 aromatic rings. The number of amides is 2. The number of nitrogens with zero attached hydrogens (tertiary/aromatic N) is 1. The van der Waals surface area contributed by atoms with Crippen LogP contribution in [0, 0.1) is 0 Å². The molecule has 4 rings (SSSR count). The Kier molecular flexibility index (Phi) is 5.26. The second kappa shape index (κ2) is 7.61. The zero-order valence-corrected chi connectivity index (χ0v) is 18.6. The van der Waals surface area contributed by atoms with Gasteiger partial charge in [-0.25, -0.2) is 13.2 Å². The highest BCUT2D eigenvalue weighted by atomic mass is 32.2. The van der Waals surface area contributed by atoms with Gasteiger partial charge < -0.3 is 15.5 Å². The highest BCUT2D eigenvalue weighted by Gasteiger charge is 2.47. The van der Waals surface area contributed by atoms with Crippen LogP contribution in [0.2, 0.25) is 0 Å². The summed E-state index contributed by atoms with van der Waals surface area (Å²) in [6.45, 7) is 0. The number of anilines is 1. The van der Waals surface area contributed by atoms with Crippen molar-refractivity contribution in [3.05, 3.63) is 48.0 Å². The molecule has 2 fully saturated rings. The minimum absolute atomic E-state index is 0.0915. The normalized spacial score (nSPS) is 20.6. The van der Waals surface area contributed by atoms with Gasteiger partial charge in [0.25, 0.3) is 0 Å². The van der Waals surface area contributed by atoms with Crippen LogP contribution in [-0.4, -0.2) is 40.3 Å². The van der Waals surface area contributed by atoms with Crippen LogP contribution in [0.5, 0.6) is 0 Å². The molecule has 1 unspecified atom stereocenters. The number of nitrogens with one attached hydrogen (secondary N) is 2. The van der Waals surface area contributed by atoms with E-state index in [1.807, 2.05) is 43.3 Å². The Morgan fingerprint density at radius 1 is 1.03 bits per heavy atom. The van der Waals surface area contributed by atoms with Crippen LogP contribution in [0.1, 0.15) is 43.7 Å². The van der Waals surface area contributed by atoms with E-state index in [0.29, 0.717) is 10.6 Å². The Bertz CT molecular complexity index is 1070. The summed E-state index contributed by atoms with van der Waals surface area (Å²) < 4.78 is 24.7. The maximum Gasteiger partial charge on any atom is 0.315 e. The van der Waals surface area contributed by atoms with Gasteiger partial charge in [0.05, 0.1) is 22.2 Å². The van der Waals surface area contributed by atoms with Crippen molar-refractivity contribution < 1.29 is 13.2 Å². The third-order valence-corrected chi connectivity index (χ3v) is 7.44. The Morgan fingerprint density at radius 3 is 2.40 bits per heavy atom. The van der Waals surface area contributed by atoms with E-state index in [1.165, 1.54) is 12.7 Å². The maximum absolute atomic E-state index is 12.4. The molecule has 2 amide bonds. The van der Waals surface area contributed by atoms with E-state index in [2.05, 4.69) is 16.7 Å². The Hall–Kier alpha value is -2.54. The SMILES string of the molecule is CN(C)c1c(-c2cccc(C3NC(=O)NC34CCCCC4)c2)cccc1S(C)(=O)=O. The molecule has 160 valence electrons. The highest BCUT2D eigenvalue weighted by molar-refractivity contribution is 7.90. The molecule has 1 heterocycles. The summed E-state index contributed by atoms with van der Waals surface area (Å²) >= 11 is 0. The van der Waals surface area contributed by atoms with Crippen LogP contribution in [0.3, 0.4) is 0 Å². The number of benzene rings is 2. The highest BCUT2D eigenvalue weighted by Crippen LogP contribution is 2.43. The van der Waals surface area contributed by atoms with Crippen LogP contribution >= 0.6 is 0 Å². The topological polar surface area (TPSA) is 78.5 Å². The molecule has 1 saturated heterocycles. The van der Waals surface area contributed by atoms with Gasteiger partial charge in [0.1, 0.15) is 0 Å². The van der Waals surface area contributed by atoms with Crippen molar-refractivity contribution in [1.29, 1.82) is 0 Å². The van der Waals surface area contributed by atoms with Crippen molar-refractivity contribution in [1.82, 2.24) is 10.6 Å². The van der Waals surface area contributed by atoms with E-state index < -0.39 is 9.84 Å². The van der Waals surface area contributed by atoms with E-state index in [4.69, 9.17) is 0 Å². The van der Waals surface area contributed by atoms with E-state index in [1.54, 1.807) is 12.1 Å². The summed E-state index contributed by atoms with van der Waals surface area (Å²) in [5.74, 6) is 0. The number of rotatable bonds is 4. The third kappa shape index (κ3) is 3.67. The minimum atomic E-state index is -3.37. The van der Waals surface area contributed by atoms with Gasteiger partial charge in [-0.15, -0.1) is 0 Å². The smallest absolute Gasteiger partial charge is 0.315 e. The molecular weight excluding hydrogens is 398 g/mol. The third-order valence-electron chi connectivity index (χ3n) is 6.31. The molecule has 1 atom stereocenters. The van der Waals surface area contributed by atoms with Crippen LogP contribution < -0.4 is 15.5 Å². The molecule has 2 aromatic carbocycles. The molecule has 30 heavy (non-hydrogen) atoms. The summed E-state index contributed by atoms with van der Waals surface area (Å²) in [5.41, 5.74) is 3.28.